The second-order valence-corrected chi connectivity index (χ2v) is 5.94. The second kappa shape index (κ2) is 6.41. The smallest absolute Gasteiger partial charge is 0.132 e. The van der Waals surface area contributed by atoms with Gasteiger partial charge in [-0.2, -0.15) is 5.10 Å². The summed E-state index contributed by atoms with van der Waals surface area (Å²) in [5.41, 5.74) is 1.65. The molecule has 1 atom stereocenters. The molecule has 2 aromatic rings. The Labute approximate surface area is 127 Å². The summed E-state index contributed by atoms with van der Waals surface area (Å²) in [5.74, 6) is 0.675. The number of benzene rings is 1. The lowest BCUT2D eigenvalue weighted by atomic mass is 10.1. The molecule has 1 N–H and O–H groups in total. The second-order valence-electron chi connectivity index (χ2n) is 5.03. The van der Waals surface area contributed by atoms with Gasteiger partial charge >= 0.3 is 0 Å². The molecule has 1 heterocycles. The van der Waals surface area contributed by atoms with Crippen molar-refractivity contribution in [2.45, 2.75) is 39.5 Å². The van der Waals surface area contributed by atoms with E-state index in [1.165, 1.54) is 0 Å². The maximum atomic E-state index is 9.75. The first-order valence-electron chi connectivity index (χ1n) is 6.61. The van der Waals surface area contributed by atoms with E-state index < -0.39 is 6.10 Å². The predicted molar refractivity (Wildman–Crippen MR) is 81.7 cm³/mol. The fourth-order valence-electron chi connectivity index (χ4n) is 1.87. The van der Waals surface area contributed by atoms with E-state index >= 15 is 0 Å². The Balaban J connectivity index is 2.11. The summed E-state index contributed by atoms with van der Waals surface area (Å²) in [6.07, 6.45) is 1.38. The third kappa shape index (κ3) is 3.61. The molecule has 0 aliphatic rings. The van der Waals surface area contributed by atoms with Crippen LogP contribution in [0.15, 0.2) is 34.9 Å². The minimum absolute atomic E-state index is 0.336. The van der Waals surface area contributed by atoms with Crippen LogP contribution in [-0.2, 0) is 6.61 Å². The van der Waals surface area contributed by atoms with Crippen molar-refractivity contribution in [3.05, 3.63) is 46.2 Å². The lowest BCUT2D eigenvalue weighted by Gasteiger charge is -2.13. The number of aromatic nitrogens is 2. The van der Waals surface area contributed by atoms with Gasteiger partial charge in [0, 0.05) is 22.3 Å². The molecule has 1 aromatic carbocycles. The van der Waals surface area contributed by atoms with Crippen molar-refractivity contribution in [3.63, 3.8) is 0 Å². The fourth-order valence-corrected chi connectivity index (χ4v) is 2.21. The Morgan fingerprint density at radius 2 is 2.05 bits per heavy atom. The third-order valence-electron chi connectivity index (χ3n) is 2.99. The van der Waals surface area contributed by atoms with Crippen LogP contribution in [0.25, 0.3) is 0 Å². The highest BCUT2D eigenvalue weighted by Gasteiger charge is 2.11. The molecule has 2 rings (SSSR count). The maximum Gasteiger partial charge on any atom is 0.132 e. The van der Waals surface area contributed by atoms with Gasteiger partial charge in [0.15, 0.2) is 0 Å². The van der Waals surface area contributed by atoms with Crippen LogP contribution in [0, 0.1) is 0 Å². The number of aliphatic hydroxyl groups is 1. The SMILES string of the molecule is CC(C)n1ccc(COc2cc(Br)ccc2[C@@H](C)O)n1. The number of ether oxygens (including phenoxy) is 1. The molecule has 0 aliphatic heterocycles. The van der Waals surface area contributed by atoms with E-state index in [9.17, 15) is 5.11 Å². The van der Waals surface area contributed by atoms with Gasteiger partial charge in [-0.15, -0.1) is 0 Å². The van der Waals surface area contributed by atoms with Crippen molar-refractivity contribution in [2.75, 3.05) is 0 Å². The molecular formula is C15H19BrN2O2. The van der Waals surface area contributed by atoms with Gasteiger partial charge in [-0.1, -0.05) is 22.0 Å². The van der Waals surface area contributed by atoms with Crippen LogP contribution in [0.3, 0.4) is 0 Å². The van der Waals surface area contributed by atoms with Crippen LogP contribution < -0.4 is 4.74 Å². The van der Waals surface area contributed by atoms with Gasteiger partial charge in [0.1, 0.15) is 12.4 Å². The standard InChI is InChI=1S/C15H19BrN2O2/c1-10(2)18-7-6-13(17-18)9-20-15-8-12(16)4-5-14(15)11(3)19/h4-8,10-11,19H,9H2,1-3H3/t11-/m1/s1. The molecule has 0 spiro atoms. The summed E-state index contributed by atoms with van der Waals surface area (Å²) in [5, 5.41) is 14.2. The van der Waals surface area contributed by atoms with E-state index in [0.29, 0.717) is 18.4 Å². The zero-order valence-corrected chi connectivity index (χ0v) is 13.5. The third-order valence-corrected chi connectivity index (χ3v) is 3.49. The van der Waals surface area contributed by atoms with Crippen LogP contribution >= 0.6 is 15.9 Å². The van der Waals surface area contributed by atoms with Gasteiger partial charge in [-0.3, -0.25) is 4.68 Å². The van der Waals surface area contributed by atoms with Crippen LogP contribution in [-0.4, -0.2) is 14.9 Å². The molecule has 0 unspecified atom stereocenters. The van der Waals surface area contributed by atoms with Gasteiger partial charge in [-0.25, -0.2) is 0 Å². The molecule has 108 valence electrons. The number of nitrogens with zero attached hydrogens (tertiary/aromatic N) is 2. The monoisotopic (exact) mass is 338 g/mol. The molecule has 1 aromatic heterocycles. The minimum Gasteiger partial charge on any atom is -0.487 e. The normalized spacial score (nSPS) is 12.7. The van der Waals surface area contributed by atoms with E-state index in [2.05, 4.69) is 34.9 Å². The number of hydrogen-bond acceptors (Lipinski definition) is 3. The molecule has 0 saturated carbocycles. The predicted octanol–water partition coefficient (Wildman–Crippen LogP) is 3.86. The summed E-state index contributed by atoms with van der Waals surface area (Å²) < 4.78 is 8.61. The van der Waals surface area contributed by atoms with Crippen molar-refractivity contribution < 1.29 is 9.84 Å². The van der Waals surface area contributed by atoms with Gasteiger partial charge in [0.05, 0.1) is 11.8 Å². The summed E-state index contributed by atoms with van der Waals surface area (Å²) in [6.45, 7) is 6.27. The number of rotatable bonds is 5. The number of hydrogen-bond donors (Lipinski definition) is 1. The van der Waals surface area contributed by atoms with E-state index in [1.54, 1.807) is 6.92 Å². The topological polar surface area (TPSA) is 47.3 Å². The van der Waals surface area contributed by atoms with Gasteiger partial charge in [-0.05, 0) is 39.0 Å². The van der Waals surface area contributed by atoms with Gasteiger partial charge < -0.3 is 9.84 Å². The van der Waals surface area contributed by atoms with E-state index in [-0.39, 0.29) is 0 Å². The molecule has 0 aliphatic carbocycles. The molecule has 20 heavy (non-hydrogen) atoms. The molecule has 0 bridgehead atoms. The molecule has 5 heteroatoms. The van der Waals surface area contributed by atoms with Crippen molar-refractivity contribution in [1.82, 2.24) is 9.78 Å². The molecule has 0 saturated heterocycles. The average Bonchev–Trinajstić information content (AvgIpc) is 2.85. The zero-order valence-electron chi connectivity index (χ0n) is 11.9. The Morgan fingerprint density at radius 1 is 1.30 bits per heavy atom. The summed E-state index contributed by atoms with van der Waals surface area (Å²) in [7, 11) is 0. The van der Waals surface area contributed by atoms with Gasteiger partial charge in [0.2, 0.25) is 0 Å². The largest absolute Gasteiger partial charge is 0.487 e. The summed E-state index contributed by atoms with van der Waals surface area (Å²) in [6, 6.07) is 7.89. The first-order valence-corrected chi connectivity index (χ1v) is 7.41. The first-order chi connectivity index (χ1) is 9.47. The zero-order chi connectivity index (χ0) is 14.7. The van der Waals surface area contributed by atoms with Crippen molar-refractivity contribution >= 4 is 15.9 Å². The molecular weight excluding hydrogens is 320 g/mol. The van der Waals surface area contributed by atoms with Crippen LogP contribution in [0.2, 0.25) is 0 Å². The Bertz CT molecular complexity index is 579. The Hall–Kier alpha value is -1.33. The molecule has 0 amide bonds. The molecule has 0 fully saturated rings. The number of aliphatic hydroxyl groups excluding tert-OH is 1. The molecule has 4 nitrogen and oxygen atoms in total. The first kappa shape index (κ1) is 15.1. The fraction of sp³-hybridized carbons (Fsp3) is 0.400. The minimum atomic E-state index is -0.564. The highest BCUT2D eigenvalue weighted by atomic mass is 79.9. The van der Waals surface area contributed by atoms with Crippen molar-refractivity contribution in [2.24, 2.45) is 0 Å². The van der Waals surface area contributed by atoms with Crippen molar-refractivity contribution in [3.8, 4) is 5.75 Å². The quantitative estimate of drug-likeness (QED) is 0.900. The summed E-state index contributed by atoms with van der Waals surface area (Å²) in [4.78, 5) is 0. The summed E-state index contributed by atoms with van der Waals surface area (Å²) >= 11 is 3.41. The van der Waals surface area contributed by atoms with E-state index in [4.69, 9.17) is 4.74 Å². The maximum absolute atomic E-state index is 9.75. The van der Waals surface area contributed by atoms with Crippen LogP contribution in [0.1, 0.15) is 44.2 Å². The molecule has 0 radical (unpaired) electrons. The Morgan fingerprint density at radius 3 is 2.65 bits per heavy atom. The highest BCUT2D eigenvalue weighted by Crippen LogP contribution is 2.29. The van der Waals surface area contributed by atoms with Crippen molar-refractivity contribution in [1.29, 1.82) is 0 Å². The van der Waals surface area contributed by atoms with Gasteiger partial charge in [0.25, 0.3) is 0 Å². The van der Waals surface area contributed by atoms with E-state index in [1.807, 2.05) is 35.1 Å². The van der Waals surface area contributed by atoms with Crippen LogP contribution in [0.5, 0.6) is 5.75 Å². The van der Waals surface area contributed by atoms with E-state index in [0.717, 1.165) is 15.7 Å². The Kier molecular flexibility index (Phi) is 4.83. The lowest BCUT2D eigenvalue weighted by molar-refractivity contribution is 0.189. The average molecular weight is 339 g/mol. The number of halogens is 1. The lowest BCUT2D eigenvalue weighted by Crippen LogP contribution is -2.04. The highest BCUT2D eigenvalue weighted by molar-refractivity contribution is 9.10. The van der Waals surface area contributed by atoms with Crippen LogP contribution in [0.4, 0.5) is 0 Å².